The summed E-state index contributed by atoms with van der Waals surface area (Å²) in [5, 5.41) is 3.17. The van der Waals surface area contributed by atoms with E-state index in [-0.39, 0.29) is 0 Å². The first-order valence-corrected chi connectivity index (χ1v) is 4.72. The Morgan fingerprint density at radius 3 is 2.92 bits per heavy atom. The van der Waals surface area contributed by atoms with Gasteiger partial charge in [0.05, 0.1) is 12.7 Å². The van der Waals surface area contributed by atoms with E-state index in [2.05, 4.69) is 24.2 Å². The van der Waals surface area contributed by atoms with E-state index < -0.39 is 0 Å². The zero-order chi connectivity index (χ0) is 8.97. The zero-order valence-corrected chi connectivity index (χ0v) is 8.34. The molecule has 1 aliphatic heterocycles. The molecule has 0 saturated carbocycles. The second kappa shape index (κ2) is 4.80. The van der Waals surface area contributed by atoms with E-state index in [1.54, 1.807) is 0 Å². The van der Waals surface area contributed by atoms with E-state index in [0.717, 1.165) is 19.7 Å². The Morgan fingerprint density at radius 2 is 2.33 bits per heavy atom. The number of morpholine rings is 1. The topological polar surface area (TPSA) is 24.5 Å². The van der Waals surface area contributed by atoms with Crippen LogP contribution in [0.4, 0.5) is 0 Å². The van der Waals surface area contributed by atoms with Gasteiger partial charge in [-0.15, -0.1) is 0 Å². The molecule has 3 heteroatoms. The third-order valence-electron chi connectivity index (χ3n) is 2.62. The number of hydrogen-bond donors (Lipinski definition) is 1. The van der Waals surface area contributed by atoms with Crippen LogP contribution in [0.25, 0.3) is 0 Å². The molecule has 0 aliphatic carbocycles. The largest absolute Gasteiger partial charge is 0.376 e. The van der Waals surface area contributed by atoms with Crippen LogP contribution in [-0.2, 0) is 4.74 Å². The van der Waals surface area contributed by atoms with E-state index in [0.29, 0.717) is 12.1 Å². The minimum absolute atomic E-state index is 0.386. The average Bonchev–Trinajstić information content (AvgIpc) is 2.04. The van der Waals surface area contributed by atoms with Gasteiger partial charge in [0.15, 0.2) is 0 Å². The summed E-state index contributed by atoms with van der Waals surface area (Å²) in [5.41, 5.74) is 0. The molecule has 0 spiro atoms. The fourth-order valence-electron chi connectivity index (χ4n) is 1.77. The van der Waals surface area contributed by atoms with Crippen LogP contribution in [0, 0.1) is 0 Å². The van der Waals surface area contributed by atoms with Crippen molar-refractivity contribution in [3.05, 3.63) is 0 Å². The van der Waals surface area contributed by atoms with Gasteiger partial charge >= 0.3 is 0 Å². The van der Waals surface area contributed by atoms with Gasteiger partial charge in [-0.1, -0.05) is 0 Å². The highest BCUT2D eigenvalue weighted by molar-refractivity contribution is 4.79. The van der Waals surface area contributed by atoms with Gasteiger partial charge in [0, 0.05) is 12.6 Å². The molecular weight excluding hydrogens is 152 g/mol. The second-order valence-electron chi connectivity index (χ2n) is 3.52. The van der Waals surface area contributed by atoms with Crippen molar-refractivity contribution in [1.82, 2.24) is 10.2 Å². The summed E-state index contributed by atoms with van der Waals surface area (Å²) in [6.45, 7) is 5.19. The lowest BCUT2D eigenvalue weighted by Crippen LogP contribution is -2.48. The molecule has 0 aromatic carbocycles. The Labute approximate surface area is 75.1 Å². The van der Waals surface area contributed by atoms with Crippen molar-refractivity contribution in [2.75, 3.05) is 33.8 Å². The Kier molecular flexibility index (Phi) is 3.98. The molecule has 72 valence electrons. The summed E-state index contributed by atoms with van der Waals surface area (Å²) < 4.78 is 5.59. The lowest BCUT2D eigenvalue weighted by Gasteiger charge is -2.37. The molecular formula is C9H20N2O. The summed E-state index contributed by atoms with van der Waals surface area (Å²) in [6.07, 6.45) is 1.56. The van der Waals surface area contributed by atoms with Gasteiger partial charge in [-0.25, -0.2) is 0 Å². The summed E-state index contributed by atoms with van der Waals surface area (Å²) in [6, 6.07) is 0.589. The third-order valence-corrected chi connectivity index (χ3v) is 2.62. The molecule has 12 heavy (non-hydrogen) atoms. The van der Waals surface area contributed by atoms with Crippen molar-refractivity contribution in [3.63, 3.8) is 0 Å². The highest BCUT2D eigenvalue weighted by Gasteiger charge is 2.25. The van der Waals surface area contributed by atoms with Gasteiger partial charge in [-0.05, 0) is 34.0 Å². The Bertz CT molecular complexity index is 120. The molecule has 0 amide bonds. The standard InChI is InChI=1S/C9H20N2O/c1-8-9(4-5-10-2)11(3)6-7-12-8/h8-10H,4-7H2,1-3H3. The van der Waals surface area contributed by atoms with Crippen LogP contribution in [0.3, 0.4) is 0 Å². The normalized spacial score (nSPS) is 32.2. The fraction of sp³-hybridized carbons (Fsp3) is 1.00. The molecule has 1 N–H and O–H groups in total. The molecule has 3 nitrogen and oxygen atoms in total. The first kappa shape index (κ1) is 9.96. The van der Waals surface area contributed by atoms with E-state index in [4.69, 9.17) is 4.74 Å². The maximum atomic E-state index is 5.59. The molecule has 1 heterocycles. The van der Waals surface area contributed by atoms with Crippen LogP contribution in [0.15, 0.2) is 0 Å². The molecule has 0 aromatic heterocycles. The number of ether oxygens (including phenoxy) is 1. The second-order valence-corrected chi connectivity index (χ2v) is 3.52. The Hall–Kier alpha value is -0.120. The minimum atomic E-state index is 0.386. The van der Waals surface area contributed by atoms with Crippen LogP contribution < -0.4 is 5.32 Å². The fourth-order valence-corrected chi connectivity index (χ4v) is 1.77. The lowest BCUT2D eigenvalue weighted by atomic mass is 10.1. The monoisotopic (exact) mass is 172 g/mol. The highest BCUT2D eigenvalue weighted by Crippen LogP contribution is 2.14. The summed E-state index contributed by atoms with van der Waals surface area (Å²) in [5.74, 6) is 0. The predicted octanol–water partition coefficient (Wildman–Crippen LogP) is 0.315. The molecule has 2 unspecified atom stereocenters. The number of rotatable bonds is 3. The van der Waals surface area contributed by atoms with E-state index in [9.17, 15) is 0 Å². The van der Waals surface area contributed by atoms with Crippen LogP contribution in [0.1, 0.15) is 13.3 Å². The van der Waals surface area contributed by atoms with Gasteiger partial charge in [-0.2, -0.15) is 0 Å². The number of nitrogens with zero attached hydrogens (tertiary/aromatic N) is 1. The van der Waals surface area contributed by atoms with Crippen LogP contribution in [0.5, 0.6) is 0 Å². The molecule has 1 fully saturated rings. The van der Waals surface area contributed by atoms with Crippen molar-refractivity contribution in [2.24, 2.45) is 0 Å². The maximum Gasteiger partial charge on any atom is 0.0703 e. The van der Waals surface area contributed by atoms with Crippen molar-refractivity contribution >= 4 is 0 Å². The molecule has 1 saturated heterocycles. The third kappa shape index (κ3) is 2.44. The Morgan fingerprint density at radius 1 is 1.58 bits per heavy atom. The van der Waals surface area contributed by atoms with Gasteiger partial charge in [0.25, 0.3) is 0 Å². The molecule has 0 aromatic rings. The summed E-state index contributed by atoms with van der Waals surface area (Å²) >= 11 is 0. The van der Waals surface area contributed by atoms with E-state index in [1.165, 1.54) is 6.42 Å². The number of likely N-dealkylation sites (N-methyl/N-ethyl adjacent to an activating group) is 1. The van der Waals surface area contributed by atoms with Crippen molar-refractivity contribution in [3.8, 4) is 0 Å². The van der Waals surface area contributed by atoms with Gasteiger partial charge < -0.3 is 10.1 Å². The maximum absolute atomic E-state index is 5.59. The number of hydrogen-bond acceptors (Lipinski definition) is 3. The summed E-state index contributed by atoms with van der Waals surface area (Å²) in [7, 11) is 4.17. The van der Waals surface area contributed by atoms with Gasteiger partial charge in [0.2, 0.25) is 0 Å². The van der Waals surface area contributed by atoms with E-state index in [1.807, 2.05) is 7.05 Å². The van der Waals surface area contributed by atoms with Crippen molar-refractivity contribution < 1.29 is 4.74 Å². The van der Waals surface area contributed by atoms with Gasteiger partial charge in [-0.3, -0.25) is 4.90 Å². The molecule has 0 bridgehead atoms. The Balaban J connectivity index is 2.34. The minimum Gasteiger partial charge on any atom is -0.376 e. The average molecular weight is 172 g/mol. The predicted molar refractivity (Wildman–Crippen MR) is 50.4 cm³/mol. The SMILES string of the molecule is CNCCC1C(C)OCCN1C. The van der Waals surface area contributed by atoms with Crippen LogP contribution >= 0.6 is 0 Å². The smallest absolute Gasteiger partial charge is 0.0703 e. The molecule has 2 atom stereocenters. The van der Waals surface area contributed by atoms with Gasteiger partial charge in [0.1, 0.15) is 0 Å². The van der Waals surface area contributed by atoms with Crippen LogP contribution in [-0.4, -0.2) is 50.8 Å². The molecule has 1 aliphatic rings. The molecule has 0 radical (unpaired) electrons. The quantitative estimate of drug-likeness (QED) is 0.663. The zero-order valence-electron chi connectivity index (χ0n) is 8.34. The van der Waals surface area contributed by atoms with Crippen molar-refractivity contribution in [1.29, 1.82) is 0 Å². The first-order valence-electron chi connectivity index (χ1n) is 4.72. The lowest BCUT2D eigenvalue weighted by molar-refractivity contribution is -0.0534. The summed E-state index contributed by atoms with van der Waals surface area (Å²) in [4.78, 5) is 2.39. The first-order chi connectivity index (χ1) is 5.75. The van der Waals surface area contributed by atoms with E-state index >= 15 is 0 Å². The molecule has 1 rings (SSSR count). The highest BCUT2D eigenvalue weighted by atomic mass is 16.5. The van der Waals surface area contributed by atoms with Crippen LogP contribution in [0.2, 0.25) is 0 Å². The van der Waals surface area contributed by atoms with Crippen molar-refractivity contribution in [2.45, 2.75) is 25.5 Å². The number of nitrogens with one attached hydrogen (secondary N) is 1.